The Kier molecular flexibility index (Phi) is 8.94. The molecule has 4 saturated carbocycles. The number of piperidine rings is 1. The molecule has 6 unspecified atom stereocenters. The van der Waals surface area contributed by atoms with E-state index in [1.807, 2.05) is 0 Å². The zero-order valence-corrected chi connectivity index (χ0v) is 21.4. The fourth-order valence-corrected chi connectivity index (χ4v) is 6.35. The van der Waals surface area contributed by atoms with Gasteiger partial charge in [-0.2, -0.15) is 13.2 Å². The summed E-state index contributed by atoms with van der Waals surface area (Å²) in [6.07, 6.45) is -3.14. The Morgan fingerprint density at radius 3 is 2.38 bits per heavy atom. The van der Waals surface area contributed by atoms with Crippen LogP contribution in [0.5, 0.6) is 0 Å². The van der Waals surface area contributed by atoms with E-state index in [1.54, 1.807) is 0 Å². The predicted molar refractivity (Wildman–Crippen MR) is 125 cm³/mol. The number of nitrogens with one attached hydrogen (secondary N) is 3. The highest BCUT2D eigenvalue weighted by Gasteiger charge is 2.55. The van der Waals surface area contributed by atoms with Crippen LogP contribution in [0.2, 0.25) is 0 Å². The Labute approximate surface area is 218 Å². The minimum Gasteiger partial charge on any atom is -0.391 e. The van der Waals surface area contributed by atoms with Gasteiger partial charge in [0.05, 0.1) is 29.0 Å². The average molecular weight is 558 g/mol. The summed E-state index contributed by atoms with van der Waals surface area (Å²) in [6, 6.07) is 0. The van der Waals surface area contributed by atoms with Crippen molar-refractivity contribution in [3.05, 3.63) is 0 Å². The van der Waals surface area contributed by atoms with Crippen molar-refractivity contribution in [2.75, 3.05) is 19.8 Å². The van der Waals surface area contributed by atoms with Gasteiger partial charge < -0.3 is 25.2 Å². The van der Waals surface area contributed by atoms with Crippen LogP contribution < -0.4 is 16.0 Å². The molecule has 37 heavy (non-hydrogen) atoms. The smallest absolute Gasteiger partial charge is 0.391 e. The predicted octanol–water partition coefficient (Wildman–Crippen LogP) is 2.45. The molecule has 13 heteroatoms. The van der Waals surface area contributed by atoms with E-state index in [9.17, 15) is 32.3 Å². The average Bonchev–Trinajstić information content (AvgIpc) is 2.84. The summed E-state index contributed by atoms with van der Waals surface area (Å²) in [5, 5.41) is 19.3. The molecule has 0 aromatic carbocycles. The van der Waals surface area contributed by atoms with Crippen molar-refractivity contribution in [3.63, 3.8) is 0 Å². The fraction of sp³-hybridized carbons (Fsp3) is 0.917. The van der Waals surface area contributed by atoms with Gasteiger partial charge in [0.1, 0.15) is 25.6 Å². The number of hydrogen-bond acceptors (Lipinski definition) is 6. The van der Waals surface area contributed by atoms with E-state index in [1.165, 1.54) is 0 Å². The number of aliphatic hydroxyl groups is 1. The normalized spacial score (nSPS) is 40.3. The molecule has 2 bridgehead atoms. The number of alkyl halides is 5. The Balaban J connectivity index is 1.21. The van der Waals surface area contributed by atoms with Gasteiger partial charge in [0.15, 0.2) is 0 Å². The van der Waals surface area contributed by atoms with Gasteiger partial charge in [0.2, 0.25) is 11.8 Å². The van der Waals surface area contributed by atoms with Crippen LogP contribution in [0.3, 0.4) is 0 Å². The van der Waals surface area contributed by atoms with Crippen molar-refractivity contribution in [3.8, 4) is 0 Å². The molecule has 1 saturated heterocycles. The third kappa shape index (κ3) is 7.26. The summed E-state index contributed by atoms with van der Waals surface area (Å²) in [5.41, 5.74) is -1.38. The Hall–Kier alpha value is -1.21. The lowest BCUT2D eigenvalue weighted by Gasteiger charge is -2.56. The van der Waals surface area contributed by atoms with Crippen molar-refractivity contribution >= 4 is 23.4 Å². The number of carbonyl (C=O) groups is 2. The molecular weight excluding hydrogens is 522 g/mol. The number of rotatable bonds is 8. The molecule has 5 fully saturated rings. The van der Waals surface area contributed by atoms with Gasteiger partial charge in [0.25, 0.3) is 0 Å². The number of fused-ring (bicyclic) bond motifs is 3. The Bertz CT molecular complexity index is 819. The summed E-state index contributed by atoms with van der Waals surface area (Å²) in [5.74, 6) is -0.962. The summed E-state index contributed by atoms with van der Waals surface area (Å²) < 4.78 is 61.3. The van der Waals surface area contributed by atoms with Crippen molar-refractivity contribution in [2.45, 2.75) is 111 Å². The molecule has 4 N–H and O–H groups in total. The van der Waals surface area contributed by atoms with Crippen LogP contribution >= 0.6 is 11.6 Å². The topological polar surface area (TPSA) is 109 Å². The molecule has 212 valence electrons. The first-order chi connectivity index (χ1) is 17.4. The molecule has 1 aliphatic heterocycles. The van der Waals surface area contributed by atoms with Gasteiger partial charge in [0, 0.05) is 18.5 Å². The van der Waals surface area contributed by atoms with E-state index in [2.05, 4.69) is 16.0 Å². The summed E-state index contributed by atoms with van der Waals surface area (Å²) in [4.78, 5) is 25.5. The minimum absolute atomic E-state index is 0.162. The number of halogens is 5. The van der Waals surface area contributed by atoms with Crippen LogP contribution in [0.1, 0.15) is 64.2 Å². The maximum atomic E-state index is 13.8. The zero-order valence-electron chi connectivity index (χ0n) is 20.6. The van der Waals surface area contributed by atoms with E-state index >= 15 is 0 Å². The molecule has 8 nitrogen and oxygen atoms in total. The molecule has 0 aromatic heterocycles. The second-order valence-electron chi connectivity index (χ2n) is 11.1. The quantitative estimate of drug-likeness (QED) is 0.270. The molecule has 0 aromatic rings. The maximum absolute atomic E-state index is 13.8. The highest BCUT2D eigenvalue weighted by atomic mass is 35.5. The molecule has 5 aliphatic rings. The van der Waals surface area contributed by atoms with E-state index in [-0.39, 0.29) is 37.5 Å². The minimum atomic E-state index is -4.40. The van der Waals surface area contributed by atoms with E-state index in [4.69, 9.17) is 21.1 Å². The lowest BCUT2D eigenvalue weighted by Crippen LogP contribution is -2.70. The second kappa shape index (κ2) is 11.5. The summed E-state index contributed by atoms with van der Waals surface area (Å²) in [7, 11) is 0. The van der Waals surface area contributed by atoms with Gasteiger partial charge >= 0.3 is 6.18 Å². The monoisotopic (exact) mass is 557 g/mol. The van der Waals surface area contributed by atoms with Crippen LogP contribution in [-0.4, -0.2) is 83.9 Å². The SMILES string of the molecule is O=C(COC1CCC(Cl)C(F)C1)NC12CCC(NC(=O)C3CCC(OCC(F)(F)F)NC3)(CC1)CC2O. The van der Waals surface area contributed by atoms with Crippen LogP contribution in [0.15, 0.2) is 0 Å². The second-order valence-corrected chi connectivity index (χ2v) is 11.6. The Morgan fingerprint density at radius 2 is 1.78 bits per heavy atom. The first kappa shape index (κ1) is 28.8. The van der Waals surface area contributed by atoms with Crippen molar-refractivity contribution in [2.24, 2.45) is 5.92 Å². The van der Waals surface area contributed by atoms with Gasteiger partial charge in [-0.3, -0.25) is 14.9 Å². The molecule has 6 atom stereocenters. The van der Waals surface area contributed by atoms with E-state index < -0.39 is 53.7 Å². The number of amides is 2. The van der Waals surface area contributed by atoms with Crippen LogP contribution in [0.25, 0.3) is 0 Å². The molecule has 0 radical (unpaired) electrons. The third-order valence-electron chi connectivity index (χ3n) is 8.38. The first-order valence-corrected chi connectivity index (χ1v) is 13.4. The number of aliphatic hydroxyl groups excluding tert-OH is 1. The van der Waals surface area contributed by atoms with Crippen molar-refractivity contribution in [1.29, 1.82) is 0 Å². The lowest BCUT2D eigenvalue weighted by atomic mass is 9.59. The molecule has 0 spiro atoms. The maximum Gasteiger partial charge on any atom is 0.411 e. The van der Waals surface area contributed by atoms with Crippen LogP contribution in [-0.2, 0) is 19.1 Å². The highest BCUT2D eigenvalue weighted by molar-refractivity contribution is 6.21. The standard InChI is InChI=1S/C24H36ClF4N3O5/c25-16-3-2-15(9-17(16)26)36-12-19(34)31-23-7-5-22(6-8-23,10-18(23)33)32-21(35)14-1-4-20(30-11-14)37-13-24(27,28)29/h14-18,20,30,33H,1-13H2,(H,31,34)(H,32,35). The van der Waals surface area contributed by atoms with Gasteiger partial charge in [-0.05, 0) is 57.8 Å². The molecule has 2 amide bonds. The number of carbonyl (C=O) groups excluding carboxylic acids is 2. The number of hydrogen-bond donors (Lipinski definition) is 4. The molecule has 1 heterocycles. The van der Waals surface area contributed by atoms with Gasteiger partial charge in [-0.1, -0.05) is 0 Å². The van der Waals surface area contributed by atoms with Gasteiger partial charge in [-0.15, -0.1) is 11.6 Å². The highest BCUT2D eigenvalue weighted by Crippen LogP contribution is 2.47. The summed E-state index contributed by atoms with van der Waals surface area (Å²) >= 11 is 5.89. The lowest BCUT2D eigenvalue weighted by molar-refractivity contribution is -0.191. The van der Waals surface area contributed by atoms with Crippen molar-refractivity contribution in [1.82, 2.24) is 16.0 Å². The Morgan fingerprint density at radius 1 is 1.05 bits per heavy atom. The van der Waals surface area contributed by atoms with E-state index in [0.717, 1.165) is 0 Å². The molecular formula is C24H36ClF4N3O5. The van der Waals surface area contributed by atoms with Crippen LogP contribution in [0, 0.1) is 5.92 Å². The van der Waals surface area contributed by atoms with E-state index in [0.29, 0.717) is 57.8 Å². The third-order valence-corrected chi connectivity index (χ3v) is 8.87. The first-order valence-electron chi connectivity index (χ1n) is 13.0. The van der Waals surface area contributed by atoms with Gasteiger partial charge in [-0.25, -0.2) is 4.39 Å². The van der Waals surface area contributed by atoms with Crippen LogP contribution in [0.4, 0.5) is 17.6 Å². The molecule has 5 rings (SSSR count). The largest absolute Gasteiger partial charge is 0.411 e. The zero-order chi connectivity index (χ0) is 26.8. The fourth-order valence-electron chi connectivity index (χ4n) is 6.12. The summed E-state index contributed by atoms with van der Waals surface area (Å²) in [6.45, 7) is -1.34. The van der Waals surface area contributed by atoms with Crippen molar-refractivity contribution < 1.29 is 41.7 Å². The molecule has 4 aliphatic carbocycles. The number of ether oxygens (including phenoxy) is 2.